The first kappa shape index (κ1) is 12.1. The maximum absolute atomic E-state index is 9.66. The summed E-state index contributed by atoms with van der Waals surface area (Å²) in [4.78, 5) is 5.79. The lowest BCUT2D eigenvalue weighted by atomic mass is 10.2. The average molecular weight is 239 g/mol. The van der Waals surface area contributed by atoms with Crippen LogP contribution in [-0.4, -0.2) is 53.0 Å². The van der Waals surface area contributed by atoms with Crippen molar-refractivity contribution in [2.24, 2.45) is 4.99 Å². The first-order valence-corrected chi connectivity index (χ1v) is 5.49. The second-order valence-corrected chi connectivity index (χ2v) is 4.02. The molecule has 94 valence electrons. The van der Waals surface area contributed by atoms with E-state index in [9.17, 15) is 5.11 Å². The van der Waals surface area contributed by atoms with Crippen LogP contribution in [-0.2, 0) is 4.74 Å². The van der Waals surface area contributed by atoms with Crippen molar-refractivity contribution in [3.05, 3.63) is 24.7 Å². The van der Waals surface area contributed by atoms with Gasteiger partial charge in [0.25, 0.3) is 0 Å². The van der Waals surface area contributed by atoms with E-state index in [1.165, 1.54) is 0 Å². The molecule has 1 saturated heterocycles. The minimum absolute atomic E-state index is 0.184. The molecule has 0 aliphatic carbocycles. The Labute approximate surface area is 99.9 Å². The third-order valence-electron chi connectivity index (χ3n) is 2.91. The van der Waals surface area contributed by atoms with Crippen molar-refractivity contribution in [3.8, 4) is 0 Å². The summed E-state index contributed by atoms with van der Waals surface area (Å²) in [5, 5.41) is 21.7. The topological polar surface area (TPSA) is 77.3 Å². The van der Waals surface area contributed by atoms with Crippen LogP contribution in [0.15, 0.2) is 29.7 Å². The highest BCUT2D eigenvalue weighted by atomic mass is 16.5. The number of nitrogens with zero attached hydrogens (tertiary/aromatic N) is 2. The van der Waals surface area contributed by atoms with Crippen LogP contribution in [0.1, 0.15) is 6.42 Å². The van der Waals surface area contributed by atoms with Gasteiger partial charge in [-0.25, -0.2) is 0 Å². The molecule has 3 unspecified atom stereocenters. The van der Waals surface area contributed by atoms with Crippen molar-refractivity contribution >= 4 is 5.84 Å². The fourth-order valence-corrected chi connectivity index (χ4v) is 1.95. The Morgan fingerprint density at radius 3 is 3.00 bits per heavy atom. The van der Waals surface area contributed by atoms with Crippen molar-refractivity contribution in [2.45, 2.75) is 24.9 Å². The van der Waals surface area contributed by atoms with Crippen LogP contribution in [0.25, 0.3) is 0 Å². The Morgan fingerprint density at radius 2 is 2.47 bits per heavy atom. The largest absolute Gasteiger partial charge is 0.394 e. The zero-order valence-corrected chi connectivity index (χ0v) is 9.71. The van der Waals surface area contributed by atoms with Gasteiger partial charge in [0, 0.05) is 19.7 Å². The molecule has 1 fully saturated rings. The van der Waals surface area contributed by atoms with E-state index in [0.29, 0.717) is 12.2 Å². The summed E-state index contributed by atoms with van der Waals surface area (Å²) >= 11 is 0. The van der Waals surface area contributed by atoms with Crippen LogP contribution < -0.4 is 5.32 Å². The van der Waals surface area contributed by atoms with Crippen LogP contribution in [0.4, 0.5) is 0 Å². The highest BCUT2D eigenvalue weighted by molar-refractivity contribution is 5.94. The van der Waals surface area contributed by atoms with Gasteiger partial charge in [0.1, 0.15) is 24.0 Å². The van der Waals surface area contributed by atoms with Gasteiger partial charge in [-0.3, -0.25) is 4.99 Å². The maximum atomic E-state index is 9.66. The summed E-state index contributed by atoms with van der Waals surface area (Å²) in [5.41, 5.74) is 0. The van der Waals surface area contributed by atoms with Crippen LogP contribution in [0.3, 0.4) is 0 Å². The van der Waals surface area contributed by atoms with Crippen molar-refractivity contribution in [2.75, 3.05) is 13.7 Å². The lowest BCUT2D eigenvalue weighted by Gasteiger charge is -2.32. The second kappa shape index (κ2) is 4.87. The highest BCUT2D eigenvalue weighted by Gasteiger charge is 2.37. The van der Waals surface area contributed by atoms with Crippen LogP contribution >= 0.6 is 0 Å². The molecule has 6 nitrogen and oxygen atoms in total. The van der Waals surface area contributed by atoms with Crippen molar-refractivity contribution in [3.63, 3.8) is 0 Å². The molecule has 0 aromatic heterocycles. The minimum atomic E-state index is -0.646. The molecule has 2 rings (SSSR count). The van der Waals surface area contributed by atoms with E-state index in [0.717, 1.165) is 5.84 Å². The Bertz CT molecular complexity index is 367. The minimum Gasteiger partial charge on any atom is -0.394 e. The summed E-state index contributed by atoms with van der Waals surface area (Å²) in [5.74, 6) is 1.37. The molecule has 2 aliphatic heterocycles. The van der Waals surface area contributed by atoms with Crippen LogP contribution in [0.5, 0.6) is 0 Å². The summed E-state index contributed by atoms with van der Waals surface area (Å²) < 4.78 is 5.54. The number of hydrogen-bond donors (Lipinski definition) is 3. The van der Waals surface area contributed by atoms with Gasteiger partial charge in [0.2, 0.25) is 0 Å². The van der Waals surface area contributed by atoms with E-state index in [-0.39, 0.29) is 12.8 Å². The van der Waals surface area contributed by atoms with Crippen LogP contribution in [0.2, 0.25) is 0 Å². The molecule has 17 heavy (non-hydrogen) atoms. The predicted molar refractivity (Wildman–Crippen MR) is 63.0 cm³/mol. The molecule has 0 aromatic rings. The summed E-state index contributed by atoms with van der Waals surface area (Å²) in [6, 6.07) is 0. The van der Waals surface area contributed by atoms with Gasteiger partial charge >= 0.3 is 0 Å². The van der Waals surface area contributed by atoms with Crippen molar-refractivity contribution < 1.29 is 14.9 Å². The van der Waals surface area contributed by atoms with Gasteiger partial charge in [-0.1, -0.05) is 6.58 Å². The smallest absolute Gasteiger partial charge is 0.138 e. The lowest BCUT2D eigenvalue weighted by molar-refractivity contribution is -0.0570. The third-order valence-corrected chi connectivity index (χ3v) is 2.91. The van der Waals surface area contributed by atoms with E-state index < -0.39 is 12.2 Å². The average Bonchev–Trinajstić information content (AvgIpc) is 2.70. The molecule has 3 atom stereocenters. The van der Waals surface area contributed by atoms with Crippen molar-refractivity contribution in [1.29, 1.82) is 0 Å². The Morgan fingerprint density at radius 1 is 1.71 bits per heavy atom. The molecule has 6 heteroatoms. The van der Waals surface area contributed by atoms with Gasteiger partial charge in [-0.05, 0) is 6.08 Å². The molecule has 0 saturated carbocycles. The van der Waals surface area contributed by atoms with E-state index in [4.69, 9.17) is 9.84 Å². The summed E-state index contributed by atoms with van der Waals surface area (Å²) in [7, 11) is 1.69. The normalized spacial score (nSPS) is 35.5. The summed E-state index contributed by atoms with van der Waals surface area (Å²) in [6.45, 7) is 3.69. The Balaban J connectivity index is 2.07. The highest BCUT2D eigenvalue weighted by Crippen LogP contribution is 2.26. The number of amidine groups is 1. The Kier molecular flexibility index (Phi) is 3.46. The lowest BCUT2D eigenvalue weighted by Crippen LogP contribution is -2.41. The van der Waals surface area contributed by atoms with Gasteiger partial charge < -0.3 is 25.2 Å². The molecule has 0 aromatic carbocycles. The molecular weight excluding hydrogens is 222 g/mol. The standard InChI is InChI=1S/C11H17N3O3/c1-7-13-10(12-2)3-4-14(7)11-5-8(16)9(6-15)17-11/h3-4,8-9,11,15-16H,1,5-6H2,2H3,(H,12,13). The summed E-state index contributed by atoms with van der Waals surface area (Å²) in [6.07, 6.45) is 2.57. The monoisotopic (exact) mass is 239 g/mol. The van der Waals surface area contributed by atoms with Gasteiger partial charge in [0.05, 0.1) is 12.7 Å². The van der Waals surface area contributed by atoms with E-state index in [1.54, 1.807) is 24.2 Å². The zero-order valence-electron chi connectivity index (χ0n) is 9.71. The molecule has 0 spiro atoms. The fraction of sp³-hybridized carbons (Fsp3) is 0.545. The van der Waals surface area contributed by atoms with Crippen LogP contribution in [0, 0.1) is 0 Å². The zero-order chi connectivity index (χ0) is 12.4. The number of nitrogens with one attached hydrogen (secondary N) is 1. The fourth-order valence-electron chi connectivity index (χ4n) is 1.95. The third kappa shape index (κ3) is 2.33. The SMILES string of the molecule is C=C1NC(=NC)C=CN1C1CC(O)C(CO)O1. The number of rotatable bonds is 2. The molecule has 0 bridgehead atoms. The maximum Gasteiger partial charge on any atom is 0.138 e. The van der Waals surface area contributed by atoms with Gasteiger partial charge in [0.15, 0.2) is 0 Å². The molecule has 2 heterocycles. The number of aliphatic imine (C=N–C) groups is 1. The van der Waals surface area contributed by atoms with E-state index >= 15 is 0 Å². The number of hydrogen-bond acceptors (Lipinski definition) is 5. The first-order valence-electron chi connectivity index (χ1n) is 5.49. The molecular formula is C11H17N3O3. The van der Waals surface area contributed by atoms with Gasteiger partial charge in [-0.2, -0.15) is 0 Å². The molecule has 2 aliphatic rings. The molecule has 0 radical (unpaired) electrons. The predicted octanol–water partition coefficient (Wildman–Crippen LogP) is -0.627. The van der Waals surface area contributed by atoms with E-state index in [2.05, 4.69) is 16.9 Å². The van der Waals surface area contributed by atoms with E-state index in [1.807, 2.05) is 0 Å². The number of aliphatic hydroxyl groups excluding tert-OH is 2. The number of aliphatic hydroxyl groups is 2. The molecule has 3 N–H and O–H groups in total. The number of ether oxygens (including phenoxy) is 1. The second-order valence-electron chi connectivity index (χ2n) is 4.02. The van der Waals surface area contributed by atoms with Gasteiger partial charge in [-0.15, -0.1) is 0 Å². The first-order chi connectivity index (χ1) is 8.15. The molecule has 0 amide bonds. The quantitative estimate of drug-likeness (QED) is 0.598. The van der Waals surface area contributed by atoms with Crippen molar-refractivity contribution in [1.82, 2.24) is 10.2 Å². The Hall–Kier alpha value is -1.37.